The average molecular weight is 378 g/mol. The molecule has 3 aromatic rings. The lowest BCUT2D eigenvalue weighted by Gasteiger charge is -2.35. The number of rotatable bonds is 6. The quantitative estimate of drug-likeness (QED) is 0.459. The molecule has 0 unspecified atom stereocenters. The Labute approximate surface area is 163 Å². The minimum atomic E-state index is -0.519. The summed E-state index contributed by atoms with van der Waals surface area (Å²) in [5, 5.41) is 0. The molecule has 0 aromatic heterocycles. The fourth-order valence-electron chi connectivity index (χ4n) is 3.21. The van der Waals surface area contributed by atoms with Gasteiger partial charge in [0.1, 0.15) is 23.7 Å². The van der Waals surface area contributed by atoms with Crippen molar-refractivity contribution >= 4 is 23.3 Å². The number of carbonyl (C=O) groups excluding carboxylic acids is 2. The highest BCUT2D eigenvalue weighted by Gasteiger charge is 2.42. The summed E-state index contributed by atoms with van der Waals surface area (Å²) in [4.78, 5) is 24.8. The predicted molar refractivity (Wildman–Crippen MR) is 106 cm³/mol. The van der Waals surface area contributed by atoms with Crippen LogP contribution < -0.4 is 4.48 Å². The summed E-state index contributed by atoms with van der Waals surface area (Å²) in [5.41, 5.74) is 2.25. The lowest BCUT2D eigenvalue weighted by molar-refractivity contribution is -0.148. The molecule has 0 N–H and O–H groups in total. The number of benzene rings is 3. The van der Waals surface area contributed by atoms with Gasteiger partial charge in [0.05, 0.1) is 0 Å². The zero-order valence-corrected chi connectivity index (χ0v) is 15.5. The first kappa shape index (κ1) is 19.5. The number of quaternary nitrogens is 1. The molecule has 0 aliphatic carbocycles. The molecule has 3 rings (SSSR count). The fraction of sp³-hybridized carbons (Fsp3) is 0.130. The van der Waals surface area contributed by atoms with Gasteiger partial charge in [-0.25, -0.2) is 9.18 Å². The number of ether oxygens (including phenoxy) is 1. The maximum absolute atomic E-state index is 13.5. The van der Waals surface area contributed by atoms with E-state index in [0.717, 1.165) is 16.9 Å². The van der Waals surface area contributed by atoms with Crippen molar-refractivity contribution in [2.24, 2.45) is 0 Å². The molecule has 1 amide bonds. The van der Waals surface area contributed by atoms with E-state index in [4.69, 9.17) is 4.74 Å². The van der Waals surface area contributed by atoms with Crippen LogP contribution in [0.25, 0.3) is 0 Å². The number of esters is 1. The highest BCUT2D eigenvalue weighted by molar-refractivity contribution is 5.96. The van der Waals surface area contributed by atoms with Crippen molar-refractivity contribution in [2.75, 3.05) is 6.61 Å². The second kappa shape index (κ2) is 8.59. The van der Waals surface area contributed by atoms with E-state index in [1.54, 1.807) is 12.1 Å². The van der Waals surface area contributed by atoms with Gasteiger partial charge in [0, 0.05) is 36.8 Å². The Morgan fingerprint density at radius 3 is 1.79 bits per heavy atom. The van der Waals surface area contributed by atoms with E-state index in [-0.39, 0.29) is 29.4 Å². The molecule has 0 heterocycles. The smallest absolute Gasteiger partial charge is 0.361 e. The lowest BCUT2D eigenvalue weighted by atomic mass is 10.1. The lowest BCUT2D eigenvalue weighted by Crippen LogP contribution is -2.51. The van der Waals surface area contributed by atoms with Crippen LogP contribution in [0, 0.1) is 5.82 Å². The molecule has 0 saturated heterocycles. The van der Waals surface area contributed by atoms with Crippen LogP contribution in [0.5, 0.6) is 0 Å². The summed E-state index contributed by atoms with van der Waals surface area (Å²) in [6.45, 7) is 1.17. The summed E-state index contributed by atoms with van der Waals surface area (Å²) in [5.74, 6) is -1.15. The van der Waals surface area contributed by atoms with Gasteiger partial charge in [-0.15, -0.1) is 0 Å². The zero-order valence-electron chi connectivity index (χ0n) is 15.5. The molecule has 0 saturated carbocycles. The summed E-state index contributed by atoms with van der Waals surface area (Å²) >= 11 is 0. The summed E-state index contributed by atoms with van der Waals surface area (Å²) in [6.07, 6.45) is 0. The molecule has 142 valence electrons. The monoisotopic (exact) mass is 378 g/mol. The van der Waals surface area contributed by atoms with Crippen LogP contribution in [-0.2, 0) is 20.9 Å². The van der Waals surface area contributed by atoms with E-state index < -0.39 is 5.97 Å². The first-order chi connectivity index (χ1) is 13.5. The first-order valence-electron chi connectivity index (χ1n) is 8.93. The molecule has 0 aliphatic heterocycles. The minimum absolute atomic E-state index is 0.180. The van der Waals surface area contributed by atoms with Gasteiger partial charge in [-0.2, -0.15) is 4.48 Å². The summed E-state index contributed by atoms with van der Waals surface area (Å²) < 4.78 is 18.3. The Kier molecular flexibility index (Phi) is 5.96. The van der Waals surface area contributed by atoms with Crippen molar-refractivity contribution in [1.82, 2.24) is 4.48 Å². The van der Waals surface area contributed by atoms with Crippen LogP contribution in [0.1, 0.15) is 12.5 Å². The number of hydrogen-bond donors (Lipinski definition) is 0. The average Bonchev–Trinajstić information content (AvgIpc) is 2.73. The normalized spacial score (nSPS) is 11.1. The van der Waals surface area contributed by atoms with Gasteiger partial charge in [-0.1, -0.05) is 48.5 Å². The van der Waals surface area contributed by atoms with E-state index in [9.17, 15) is 14.0 Å². The molecule has 0 bridgehead atoms. The third-order valence-electron chi connectivity index (χ3n) is 4.55. The molecule has 3 aromatic carbocycles. The summed E-state index contributed by atoms with van der Waals surface area (Å²) in [6, 6.07) is 24.7. The number of amides is 1. The van der Waals surface area contributed by atoms with Crippen LogP contribution in [0.3, 0.4) is 0 Å². The van der Waals surface area contributed by atoms with Crippen molar-refractivity contribution in [3.05, 3.63) is 96.3 Å². The molecule has 0 spiro atoms. The van der Waals surface area contributed by atoms with E-state index in [1.807, 2.05) is 60.7 Å². The van der Waals surface area contributed by atoms with Crippen molar-refractivity contribution in [2.45, 2.75) is 13.5 Å². The van der Waals surface area contributed by atoms with E-state index in [2.05, 4.69) is 0 Å². The van der Waals surface area contributed by atoms with Crippen molar-refractivity contribution in [3.8, 4) is 0 Å². The molecule has 0 aliphatic rings. The van der Waals surface area contributed by atoms with Crippen LogP contribution in [-0.4, -0.2) is 18.5 Å². The maximum Gasteiger partial charge on any atom is 0.361 e. The second-order valence-corrected chi connectivity index (χ2v) is 6.44. The topological polar surface area (TPSA) is 43.4 Å². The minimum Gasteiger partial charge on any atom is -0.451 e. The molecule has 4 nitrogen and oxygen atoms in total. The standard InChI is InChI=1S/C23H21FNO3/c1-18(26)28-17-23(27)25(21-8-4-2-5-9-21,22-10-6-3-7-11-22)16-19-12-14-20(24)15-13-19/h2-15H,16-17H2,1H3/q+1. The number of hydrogen-bond acceptors (Lipinski definition) is 3. The van der Waals surface area contributed by atoms with E-state index in [0.29, 0.717) is 0 Å². The molecule has 0 fully saturated rings. The van der Waals surface area contributed by atoms with Gasteiger partial charge >= 0.3 is 11.9 Å². The second-order valence-electron chi connectivity index (χ2n) is 6.44. The van der Waals surface area contributed by atoms with Gasteiger partial charge < -0.3 is 4.74 Å². The Morgan fingerprint density at radius 2 is 1.32 bits per heavy atom. The predicted octanol–water partition coefficient (Wildman–Crippen LogP) is 4.75. The van der Waals surface area contributed by atoms with Gasteiger partial charge in [0.15, 0.2) is 0 Å². The Hall–Kier alpha value is -3.31. The Bertz CT molecular complexity index is 901. The van der Waals surface area contributed by atoms with Gasteiger partial charge in [0.2, 0.25) is 6.61 Å². The summed E-state index contributed by atoms with van der Waals surface area (Å²) in [7, 11) is 0. The third kappa shape index (κ3) is 4.15. The molecule has 28 heavy (non-hydrogen) atoms. The van der Waals surface area contributed by atoms with Crippen LogP contribution in [0.2, 0.25) is 0 Å². The molecule has 0 atom stereocenters. The van der Waals surface area contributed by atoms with Crippen LogP contribution in [0.4, 0.5) is 15.8 Å². The Balaban J connectivity index is 2.17. The van der Waals surface area contributed by atoms with E-state index >= 15 is 0 Å². The zero-order chi connectivity index (χ0) is 20.0. The molecule has 0 radical (unpaired) electrons. The van der Waals surface area contributed by atoms with Gasteiger partial charge in [-0.05, 0) is 12.1 Å². The molecular formula is C23H21FNO3+. The number of nitrogens with zero attached hydrogens (tertiary/aromatic N) is 1. The van der Waals surface area contributed by atoms with Crippen molar-refractivity contribution in [1.29, 1.82) is 0 Å². The van der Waals surface area contributed by atoms with Crippen molar-refractivity contribution in [3.63, 3.8) is 0 Å². The van der Waals surface area contributed by atoms with Crippen LogP contribution in [0.15, 0.2) is 84.9 Å². The Morgan fingerprint density at radius 1 is 0.821 bits per heavy atom. The first-order valence-corrected chi connectivity index (χ1v) is 8.93. The van der Waals surface area contributed by atoms with Crippen LogP contribution >= 0.6 is 0 Å². The third-order valence-corrected chi connectivity index (χ3v) is 4.55. The molecule has 5 heteroatoms. The van der Waals surface area contributed by atoms with Gasteiger partial charge in [-0.3, -0.25) is 4.79 Å². The van der Waals surface area contributed by atoms with Gasteiger partial charge in [0.25, 0.3) is 0 Å². The fourth-order valence-corrected chi connectivity index (χ4v) is 3.21. The van der Waals surface area contributed by atoms with Crippen molar-refractivity contribution < 1.29 is 18.7 Å². The highest BCUT2D eigenvalue weighted by Crippen LogP contribution is 2.37. The number of carbonyl (C=O) groups is 2. The van der Waals surface area contributed by atoms with E-state index in [1.165, 1.54) is 19.1 Å². The highest BCUT2D eigenvalue weighted by atomic mass is 19.1. The molecular weight excluding hydrogens is 357 g/mol. The number of halogens is 1. The largest absolute Gasteiger partial charge is 0.451 e. The maximum atomic E-state index is 13.5. The SMILES string of the molecule is CC(=O)OCC(=O)[N+](Cc1ccc(F)cc1)(c1ccccc1)c1ccccc1. The number of para-hydroxylation sites is 2.